The second-order valence-corrected chi connectivity index (χ2v) is 8.35. The minimum atomic E-state index is -3.75. The molecule has 2 N–H and O–H groups in total. The zero-order valence-corrected chi connectivity index (χ0v) is 14.4. The minimum Gasteiger partial charge on any atom is -0.312 e. The highest BCUT2D eigenvalue weighted by Gasteiger charge is 2.21. The van der Waals surface area contributed by atoms with Crippen molar-refractivity contribution in [2.24, 2.45) is 0 Å². The van der Waals surface area contributed by atoms with Crippen LogP contribution in [0.5, 0.6) is 0 Å². The highest BCUT2D eigenvalue weighted by Crippen LogP contribution is 2.32. The predicted octanol–water partition coefficient (Wildman–Crippen LogP) is 3.56. The highest BCUT2D eigenvalue weighted by atomic mass is 79.9. The summed E-state index contributed by atoms with van der Waals surface area (Å²) in [6, 6.07) is 6.95. The summed E-state index contributed by atoms with van der Waals surface area (Å²) in [7, 11) is -3.75. The number of thiophene rings is 1. The van der Waals surface area contributed by atoms with Crippen LogP contribution in [0.2, 0.25) is 0 Å². The van der Waals surface area contributed by atoms with E-state index in [-0.39, 0.29) is 10.6 Å². The topological polar surface area (TPSA) is 58.2 Å². The molecule has 0 saturated carbocycles. The number of nitrogens with one attached hydrogen (secondary N) is 2. The van der Waals surface area contributed by atoms with Crippen LogP contribution in [0.3, 0.4) is 0 Å². The summed E-state index contributed by atoms with van der Waals surface area (Å²) in [6.45, 7) is 3.39. The fourth-order valence-corrected chi connectivity index (χ4v) is 5.38. The number of hydrogen-bond acceptors (Lipinski definition) is 4. The lowest BCUT2D eigenvalue weighted by molar-refractivity contribution is 0.601. The number of benzene rings is 1. The summed E-state index contributed by atoms with van der Waals surface area (Å²) in [5, 5.41) is 3.14. The van der Waals surface area contributed by atoms with Crippen LogP contribution in [-0.4, -0.2) is 15.0 Å². The van der Waals surface area contributed by atoms with Gasteiger partial charge < -0.3 is 5.32 Å². The van der Waals surface area contributed by atoms with Crippen molar-refractivity contribution in [2.75, 3.05) is 11.3 Å². The zero-order valence-electron chi connectivity index (χ0n) is 11.2. The minimum absolute atomic E-state index is 0.157. The van der Waals surface area contributed by atoms with Crippen LogP contribution in [0.4, 0.5) is 10.1 Å². The molecular formula is C13H14BrFN2O2S2. The van der Waals surface area contributed by atoms with Crippen LogP contribution in [0.1, 0.15) is 11.8 Å². The summed E-state index contributed by atoms with van der Waals surface area (Å²) in [4.78, 5) is 1.06. The monoisotopic (exact) mass is 392 g/mol. The van der Waals surface area contributed by atoms with E-state index in [0.29, 0.717) is 10.3 Å². The van der Waals surface area contributed by atoms with Crippen molar-refractivity contribution in [2.45, 2.75) is 18.4 Å². The average Bonchev–Trinajstić information content (AvgIpc) is 2.78. The molecule has 0 spiro atoms. The molecule has 21 heavy (non-hydrogen) atoms. The van der Waals surface area contributed by atoms with Gasteiger partial charge in [-0.3, -0.25) is 4.72 Å². The number of rotatable bonds is 6. The van der Waals surface area contributed by atoms with Gasteiger partial charge in [0.15, 0.2) is 0 Å². The molecule has 0 unspecified atom stereocenters. The number of anilines is 1. The van der Waals surface area contributed by atoms with E-state index in [2.05, 4.69) is 26.0 Å². The van der Waals surface area contributed by atoms with Crippen molar-refractivity contribution in [3.63, 3.8) is 0 Å². The summed E-state index contributed by atoms with van der Waals surface area (Å²) in [6.07, 6.45) is 0. The molecule has 1 aromatic carbocycles. The normalized spacial score (nSPS) is 11.6. The molecule has 2 aromatic rings. The molecule has 8 heteroatoms. The van der Waals surface area contributed by atoms with Gasteiger partial charge >= 0.3 is 0 Å². The number of sulfonamides is 1. The van der Waals surface area contributed by atoms with E-state index in [0.717, 1.165) is 17.5 Å². The first-order valence-corrected chi connectivity index (χ1v) is 9.29. The molecule has 4 nitrogen and oxygen atoms in total. The standard InChI is InChI=1S/C13H14BrFN2O2S2/c1-2-16-8-11-7-12(13(14)20-11)21(18,19)17-10-5-3-4-9(15)6-10/h3-7,16-17H,2,8H2,1H3. The van der Waals surface area contributed by atoms with E-state index in [1.807, 2.05) is 6.92 Å². The van der Waals surface area contributed by atoms with Crippen molar-refractivity contribution >= 4 is 43.0 Å². The molecule has 0 bridgehead atoms. The third-order valence-electron chi connectivity index (χ3n) is 2.62. The smallest absolute Gasteiger partial charge is 0.263 e. The molecule has 0 aliphatic heterocycles. The summed E-state index contributed by atoms with van der Waals surface area (Å²) in [5.41, 5.74) is 0.196. The predicted molar refractivity (Wildman–Crippen MR) is 86.6 cm³/mol. The maximum Gasteiger partial charge on any atom is 0.263 e. The van der Waals surface area contributed by atoms with Gasteiger partial charge in [-0.2, -0.15) is 0 Å². The molecule has 2 rings (SSSR count). The van der Waals surface area contributed by atoms with Gasteiger partial charge in [-0.05, 0) is 46.7 Å². The lowest BCUT2D eigenvalue weighted by Gasteiger charge is -2.07. The van der Waals surface area contributed by atoms with Gasteiger partial charge in [0.25, 0.3) is 10.0 Å². The van der Waals surface area contributed by atoms with Crippen LogP contribution in [-0.2, 0) is 16.6 Å². The van der Waals surface area contributed by atoms with Crippen molar-refractivity contribution in [3.05, 3.63) is 44.8 Å². The fraction of sp³-hybridized carbons (Fsp3) is 0.231. The fourth-order valence-electron chi connectivity index (χ4n) is 1.68. The quantitative estimate of drug-likeness (QED) is 0.789. The Bertz CT molecular complexity index is 732. The second kappa shape index (κ2) is 6.87. The SMILES string of the molecule is CCNCc1cc(S(=O)(=O)Nc2cccc(F)c2)c(Br)s1. The molecule has 0 fully saturated rings. The second-order valence-electron chi connectivity index (χ2n) is 4.25. The number of hydrogen-bond donors (Lipinski definition) is 2. The first-order valence-electron chi connectivity index (χ1n) is 6.19. The third-order valence-corrected chi connectivity index (χ3v) is 6.26. The average molecular weight is 393 g/mol. The maximum atomic E-state index is 13.1. The molecule has 1 aromatic heterocycles. The van der Waals surface area contributed by atoms with Gasteiger partial charge in [-0.15, -0.1) is 11.3 Å². The van der Waals surface area contributed by atoms with Crippen LogP contribution in [0.25, 0.3) is 0 Å². The summed E-state index contributed by atoms with van der Waals surface area (Å²) in [5.74, 6) is -0.493. The lowest BCUT2D eigenvalue weighted by Crippen LogP contribution is -2.13. The molecule has 0 radical (unpaired) electrons. The van der Waals surface area contributed by atoms with E-state index in [1.54, 1.807) is 6.07 Å². The van der Waals surface area contributed by atoms with Crippen LogP contribution in [0, 0.1) is 5.82 Å². The van der Waals surface area contributed by atoms with E-state index in [1.165, 1.54) is 29.5 Å². The number of halogens is 2. The van der Waals surface area contributed by atoms with Gasteiger partial charge in [-0.25, -0.2) is 12.8 Å². The molecule has 0 aliphatic rings. The van der Waals surface area contributed by atoms with Gasteiger partial charge in [0.2, 0.25) is 0 Å². The van der Waals surface area contributed by atoms with Crippen molar-refractivity contribution in [1.29, 1.82) is 0 Å². The Morgan fingerprint density at radius 3 is 2.76 bits per heavy atom. The first-order chi connectivity index (χ1) is 9.92. The first kappa shape index (κ1) is 16.4. The van der Waals surface area contributed by atoms with Gasteiger partial charge in [-0.1, -0.05) is 13.0 Å². The van der Waals surface area contributed by atoms with E-state index in [9.17, 15) is 12.8 Å². The molecule has 114 valence electrons. The van der Waals surface area contributed by atoms with Crippen LogP contribution < -0.4 is 10.0 Å². The Labute approximate surface area is 135 Å². The summed E-state index contributed by atoms with van der Waals surface area (Å²) < 4.78 is 40.7. The Balaban J connectivity index is 2.25. The van der Waals surface area contributed by atoms with Crippen molar-refractivity contribution in [3.8, 4) is 0 Å². The Morgan fingerprint density at radius 1 is 1.33 bits per heavy atom. The van der Waals surface area contributed by atoms with Crippen molar-refractivity contribution in [1.82, 2.24) is 5.32 Å². The highest BCUT2D eigenvalue weighted by molar-refractivity contribution is 9.11. The maximum absolute atomic E-state index is 13.1. The molecule has 0 aliphatic carbocycles. The van der Waals surface area contributed by atoms with Gasteiger partial charge in [0.05, 0.1) is 9.47 Å². The Hall–Kier alpha value is -0.960. The van der Waals surface area contributed by atoms with Gasteiger partial charge in [0.1, 0.15) is 10.7 Å². The largest absolute Gasteiger partial charge is 0.312 e. The molecule has 1 heterocycles. The molecule has 0 amide bonds. The van der Waals surface area contributed by atoms with Crippen molar-refractivity contribution < 1.29 is 12.8 Å². The Kier molecular flexibility index (Phi) is 5.37. The molecule has 0 saturated heterocycles. The zero-order chi connectivity index (χ0) is 15.5. The molecular weight excluding hydrogens is 379 g/mol. The third kappa shape index (κ3) is 4.26. The van der Waals surface area contributed by atoms with E-state index >= 15 is 0 Å². The molecule has 0 atom stereocenters. The Morgan fingerprint density at radius 2 is 2.10 bits per heavy atom. The van der Waals surface area contributed by atoms with E-state index < -0.39 is 15.8 Å². The van der Waals surface area contributed by atoms with Crippen LogP contribution in [0.15, 0.2) is 39.0 Å². The summed E-state index contributed by atoms with van der Waals surface area (Å²) >= 11 is 4.63. The van der Waals surface area contributed by atoms with E-state index in [4.69, 9.17) is 0 Å². The van der Waals surface area contributed by atoms with Gasteiger partial charge in [0, 0.05) is 11.4 Å². The lowest BCUT2D eigenvalue weighted by atomic mass is 10.3. The van der Waals surface area contributed by atoms with Crippen LogP contribution >= 0.6 is 27.3 Å².